The highest BCUT2D eigenvalue weighted by Gasteiger charge is 2.23. The molecule has 0 aliphatic heterocycles. The van der Waals surface area contributed by atoms with E-state index in [0.29, 0.717) is 35.5 Å². The lowest BCUT2D eigenvalue weighted by Gasteiger charge is -2.19. The van der Waals surface area contributed by atoms with Gasteiger partial charge in [0.1, 0.15) is 0 Å². The van der Waals surface area contributed by atoms with E-state index in [2.05, 4.69) is 40.4 Å². The molecule has 0 amide bonds. The number of aliphatic imine (C=N–C) groups is 1. The minimum atomic E-state index is -2.74. The Bertz CT molecular complexity index is 1130. The van der Waals surface area contributed by atoms with Gasteiger partial charge in [-0.1, -0.05) is 50.5 Å². The number of terminal acetylenes is 1. The maximum atomic E-state index is 11.2. The fraction of sp³-hybridized carbons (Fsp3) is 0.500. The highest BCUT2D eigenvalue weighted by atomic mass is 16.7. The van der Waals surface area contributed by atoms with E-state index in [4.69, 9.17) is 11.4 Å². The van der Waals surface area contributed by atoms with Crippen molar-refractivity contribution in [3.05, 3.63) is 59.0 Å². The molecule has 0 radical (unpaired) electrons. The number of hydrogen-bond acceptors (Lipinski definition) is 8. The van der Waals surface area contributed by atoms with Gasteiger partial charge >= 0.3 is 0 Å². The second-order valence-corrected chi connectivity index (χ2v) is 9.64. The number of tetrazole rings is 1. The van der Waals surface area contributed by atoms with Gasteiger partial charge in [0.05, 0.1) is 11.2 Å². The topological polar surface area (TPSA) is 148 Å². The van der Waals surface area contributed by atoms with Crippen molar-refractivity contribution in [1.82, 2.24) is 20.6 Å². The molecule has 2 rings (SSSR count). The minimum absolute atomic E-state index is 0.0568. The van der Waals surface area contributed by atoms with E-state index in [1.807, 2.05) is 38.2 Å². The maximum Gasteiger partial charge on any atom is 0.275 e. The first kappa shape index (κ1) is 30.1. The molecular formula is C28H39N5O4. The Morgan fingerprint density at radius 2 is 1.97 bits per heavy atom. The van der Waals surface area contributed by atoms with E-state index in [1.165, 1.54) is 0 Å². The molecule has 0 saturated carbocycles. The van der Waals surface area contributed by atoms with Crippen LogP contribution < -0.4 is 0 Å². The zero-order chi connectivity index (χ0) is 27.6. The number of aromatic nitrogens is 4. The van der Waals surface area contributed by atoms with Crippen molar-refractivity contribution in [2.24, 2.45) is 10.9 Å². The van der Waals surface area contributed by atoms with Gasteiger partial charge in [0.25, 0.3) is 5.97 Å². The molecule has 0 saturated heterocycles. The number of nitrogens with zero attached hydrogens (tertiary/aromatic N) is 4. The predicted octanol–water partition coefficient (Wildman–Crippen LogP) is 3.40. The Kier molecular flexibility index (Phi) is 10.9. The van der Waals surface area contributed by atoms with Crippen LogP contribution >= 0.6 is 0 Å². The summed E-state index contributed by atoms with van der Waals surface area (Å²) in [4.78, 5) is 4.82. The van der Waals surface area contributed by atoms with E-state index in [1.54, 1.807) is 19.1 Å². The van der Waals surface area contributed by atoms with Crippen molar-refractivity contribution >= 4 is 11.3 Å². The van der Waals surface area contributed by atoms with Gasteiger partial charge in [-0.2, -0.15) is 5.21 Å². The molecule has 0 bridgehead atoms. The van der Waals surface area contributed by atoms with Crippen LogP contribution in [-0.4, -0.2) is 64.4 Å². The van der Waals surface area contributed by atoms with Gasteiger partial charge in [-0.05, 0) is 74.5 Å². The van der Waals surface area contributed by atoms with E-state index in [9.17, 15) is 20.4 Å². The second-order valence-electron chi connectivity index (χ2n) is 9.64. The quantitative estimate of drug-likeness (QED) is 0.125. The van der Waals surface area contributed by atoms with Gasteiger partial charge in [-0.3, -0.25) is 4.99 Å². The van der Waals surface area contributed by atoms with Gasteiger partial charge in [0, 0.05) is 23.7 Å². The van der Waals surface area contributed by atoms with E-state index < -0.39 is 11.6 Å². The summed E-state index contributed by atoms with van der Waals surface area (Å²) < 4.78 is 0. The van der Waals surface area contributed by atoms with Crippen LogP contribution in [0.5, 0.6) is 0 Å². The van der Waals surface area contributed by atoms with Crippen LogP contribution in [0.4, 0.5) is 0 Å². The lowest BCUT2D eigenvalue weighted by molar-refractivity contribution is -0.313. The van der Waals surface area contributed by atoms with Crippen LogP contribution in [0.1, 0.15) is 72.5 Å². The fourth-order valence-electron chi connectivity index (χ4n) is 3.98. The molecule has 5 N–H and O–H groups in total. The van der Waals surface area contributed by atoms with Crippen LogP contribution in [-0.2, 0) is 0 Å². The zero-order valence-electron chi connectivity index (χ0n) is 22.3. The average molecular weight is 510 g/mol. The van der Waals surface area contributed by atoms with Crippen molar-refractivity contribution in [2.75, 3.05) is 0 Å². The first-order valence-corrected chi connectivity index (χ1v) is 12.5. The smallest absolute Gasteiger partial charge is 0.275 e. The molecular weight excluding hydrogens is 470 g/mol. The third kappa shape index (κ3) is 9.67. The Hall–Kier alpha value is -3.16. The van der Waals surface area contributed by atoms with Crippen LogP contribution in [0.2, 0.25) is 0 Å². The molecule has 1 aromatic rings. The van der Waals surface area contributed by atoms with E-state index >= 15 is 0 Å². The Morgan fingerprint density at radius 1 is 1.24 bits per heavy atom. The zero-order valence-corrected chi connectivity index (χ0v) is 22.3. The predicted molar refractivity (Wildman–Crippen MR) is 145 cm³/mol. The third-order valence-electron chi connectivity index (χ3n) is 6.33. The number of H-pyrrole nitrogens is 1. The number of aromatic amines is 1. The number of allylic oxidation sites excluding steroid dienone is 8. The molecule has 1 aliphatic carbocycles. The number of nitrogens with one attached hydrogen (secondary N) is 1. The molecule has 0 aromatic carbocycles. The highest BCUT2D eigenvalue weighted by molar-refractivity contribution is 5.85. The van der Waals surface area contributed by atoms with Gasteiger partial charge < -0.3 is 20.4 Å². The van der Waals surface area contributed by atoms with Gasteiger partial charge in [0.2, 0.25) is 5.82 Å². The molecule has 9 heteroatoms. The van der Waals surface area contributed by atoms with Crippen molar-refractivity contribution in [1.29, 1.82) is 0 Å². The lowest BCUT2D eigenvalue weighted by atomic mass is 9.94. The molecule has 37 heavy (non-hydrogen) atoms. The molecule has 9 nitrogen and oxygen atoms in total. The van der Waals surface area contributed by atoms with Crippen molar-refractivity contribution < 1.29 is 20.4 Å². The van der Waals surface area contributed by atoms with Crippen molar-refractivity contribution in [2.45, 2.75) is 84.3 Å². The molecule has 3 unspecified atom stereocenters. The average Bonchev–Trinajstić information content (AvgIpc) is 3.30. The first-order chi connectivity index (χ1) is 17.4. The summed E-state index contributed by atoms with van der Waals surface area (Å²) >= 11 is 0. The Balaban J connectivity index is 2.34. The van der Waals surface area contributed by atoms with Gasteiger partial charge in [0.15, 0.2) is 0 Å². The first-order valence-electron chi connectivity index (χ1n) is 12.5. The number of hydrogen-bond donors (Lipinski definition) is 5. The highest BCUT2D eigenvalue weighted by Crippen LogP contribution is 2.30. The fourth-order valence-corrected chi connectivity index (χ4v) is 3.98. The summed E-state index contributed by atoms with van der Waals surface area (Å²) in [6, 6.07) is 0.0568. The lowest BCUT2D eigenvalue weighted by Crippen LogP contribution is -2.28. The van der Waals surface area contributed by atoms with Crippen LogP contribution in [0.15, 0.2) is 58.2 Å². The van der Waals surface area contributed by atoms with Crippen molar-refractivity contribution in [3.63, 3.8) is 0 Å². The Labute approximate surface area is 219 Å². The standard InChI is InChI=1S/C28H39N5O4/c1-7-10-25(24(9-3)26-30-32-33-31-26)22-13-11-21(17-27(6,34)18-22)12-14-23(15-16-28(35,36)37)29-20(5)19(4)8-2/h3,7,10-11,13,17-20,34-37H,8,12,14-16H2,1-2,4-6H3,(H,30,31,32,33)/b10-7-,25-24-,29-23?. The van der Waals surface area contributed by atoms with Crippen molar-refractivity contribution in [3.8, 4) is 12.3 Å². The molecule has 0 fully saturated rings. The summed E-state index contributed by atoms with van der Waals surface area (Å²) in [6.45, 7) is 9.82. The summed E-state index contributed by atoms with van der Waals surface area (Å²) in [7, 11) is 0. The number of rotatable bonds is 12. The monoisotopic (exact) mass is 509 g/mol. The molecule has 200 valence electrons. The van der Waals surface area contributed by atoms with Gasteiger partial charge in [-0.25, -0.2) is 0 Å². The second kappa shape index (κ2) is 13.4. The third-order valence-corrected chi connectivity index (χ3v) is 6.33. The molecule has 1 aliphatic rings. The molecule has 1 aromatic heterocycles. The molecule has 3 atom stereocenters. The minimum Gasteiger partial charge on any atom is -0.382 e. The molecule has 1 heterocycles. The summed E-state index contributed by atoms with van der Waals surface area (Å²) in [5.41, 5.74) is 2.21. The van der Waals surface area contributed by atoms with E-state index in [0.717, 1.165) is 17.7 Å². The SMILES string of the molecule is C#C/C(=C(\C=C/C)C1=CC(C)(O)C=C(CCC(CCC(O)(O)O)=NC(C)C(C)CC)C=C1)c1nn[nH]n1. The largest absolute Gasteiger partial charge is 0.382 e. The van der Waals surface area contributed by atoms with E-state index in [-0.39, 0.29) is 24.7 Å². The van der Waals surface area contributed by atoms with Crippen LogP contribution in [0.3, 0.4) is 0 Å². The Morgan fingerprint density at radius 3 is 2.54 bits per heavy atom. The summed E-state index contributed by atoms with van der Waals surface area (Å²) in [5.74, 6) is 0.541. The number of aliphatic hydroxyl groups is 4. The molecule has 0 spiro atoms. The summed E-state index contributed by atoms with van der Waals surface area (Å²) in [5, 5.41) is 53.4. The normalized spacial score (nSPS) is 21.1. The summed E-state index contributed by atoms with van der Waals surface area (Å²) in [6.07, 6.45) is 18.9. The van der Waals surface area contributed by atoms with Gasteiger partial charge in [-0.15, -0.1) is 16.6 Å². The van der Waals surface area contributed by atoms with Crippen LogP contribution in [0.25, 0.3) is 5.57 Å². The maximum absolute atomic E-state index is 11.2. The van der Waals surface area contributed by atoms with Crippen LogP contribution in [0, 0.1) is 18.3 Å².